The lowest BCUT2D eigenvalue weighted by atomic mass is 9.93. The highest BCUT2D eigenvalue weighted by Gasteiger charge is 2.29. The van der Waals surface area contributed by atoms with E-state index in [2.05, 4.69) is 12.2 Å². The second kappa shape index (κ2) is 6.91. The van der Waals surface area contributed by atoms with Crippen molar-refractivity contribution in [3.8, 4) is 0 Å². The van der Waals surface area contributed by atoms with E-state index in [-0.39, 0.29) is 30.3 Å². The maximum atomic E-state index is 12.1. The predicted octanol–water partition coefficient (Wildman–Crippen LogP) is 1.86. The van der Waals surface area contributed by atoms with E-state index >= 15 is 0 Å². The van der Waals surface area contributed by atoms with Crippen LogP contribution in [0, 0.1) is 5.92 Å². The van der Waals surface area contributed by atoms with Gasteiger partial charge < -0.3 is 11.1 Å². The molecule has 3 N–H and O–H groups in total. The van der Waals surface area contributed by atoms with E-state index < -0.39 is 0 Å². The molecule has 0 aromatic heterocycles. The number of carbonyl (C=O) groups is 2. The topological polar surface area (TPSA) is 75.4 Å². The summed E-state index contributed by atoms with van der Waals surface area (Å²) >= 11 is 5.88. The standard InChI is InChI=1S/C15H20ClN3O2/c1-10-5-6-11(15(17)21)8-19(10)9-14(20)18-13-4-2-3-12(16)7-13/h2-4,7,10-11H,5-6,8-9H2,1H3,(H2,17,21)(H,18,20)/t10-,11+/m0/s1. The molecule has 5 nitrogen and oxygen atoms in total. The number of primary amides is 1. The lowest BCUT2D eigenvalue weighted by Crippen LogP contribution is -2.48. The van der Waals surface area contributed by atoms with Gasteiger partial charge in [-0.3, -0.25) is 14.5 Å². The van der Waals surface area contributed by atoms with Gasteiger partial charge >= 0.3 is 0 Å². The minimum atomic E-state index is -0.290. The van der Waals surface area contributed by atoms with Gasteiger partial charge in [0.25, 0.3) is 0 Å². The zero-order valence-corrected chi connectivity index (χ0v) is 12.8. The first kappa shape index (κ1) is 15.8. The first-order chi connectivity index (χ1) is 9.95. The first-order valence-electron chi connectivity index (χ1n) is 7.04. The van der Waals surface area contributed by atoms with Crippen molar-refractivity contribution in [1.29, 1.82) is 0 Å². The lowest BCUT2D eigenvalue weighted by molar-refractivity contribution is -0.126. The van der Waals surface area contributed by atoms with Gasteiger partial charge in [-0.25, -0.2) is 0 Å². The van der Waals surface area contributed by atoms with Crippen molar-refractivity contribution in [2.24, 2.45) is 11.7 Å². The number of nitrogens with one attached hydrogen (secondary N) is 1. The van der Waals surface area contributed by atoms with Gasteiger partial charge in [-0.2, -0.15) is 0 Å². The molecule has 1 heterocycles. The minimum absolute atomic E-state index is 0.116. The molecule has 1 aromatic carbocycles. The molecule has 1 aliphatic heterocycles. The van der Waals surface area contributed by atoms with Crippen LogP contribution in [0.25, 0.3) is 0 Å². The number of rotatable bonds is 4. The Morgan fingerprint density at radius 3 is 2.86 bits per heavy atom. The molecule has 21 heavy (non-hydrogen) atoms. The molecule has 2 atom stereocenters. The molecule has 1 aromatic rings. The Morgan fingerprint density at radius 2 is 2.19 bits per heavy atom. The van der Waals surface area contributed by atoms with E-state index in [1.807, 2.05) is 4.90 Å². The van der Waals surface area contributed by atoms with Gasteiger partial charge in [-0.15, -0.1) is 0 Å². The molecule has 0 bridgehead atoms. The second-order valence-corrected chi connectivity index (χ2v) is 5.95. The number of nitrogens with two attached hydrogens (primary N) is 1. The summed E-state index contributed by atoms with van der Waals surface area (Å²) in [5.41, 5.74) is 6.04. The fraction of sp³-hybridized carbons (Fsp3) is 0.467. The SMILES string of the molecule is C[C@H]1CC[C@@H](C(N)=O)CN1CC(=O)Nc1cccc(Cl)c1. The molecule has 6 heteroatoms. The van der Waals surface area contributed by atoms with Gasteiger partial charge in [0.05, 0.1) is 12.5 Å². The average molecular weight is 310 g/mol. The van der Waals surface area contributed by atoms with Crippen LogP contribution in [0.4, 0.5) is 5.69 Å². The number of likely N-dealkylation sites (tertiary alicyclic amines) is 1. The minimum Gasteiger partial charge on any atom is -0.369 e. The number of piperidine rings is 1. The van der Waals surface area contributed by atoms with Crippen LogP contribution in [0.3, 0.4) is 0 Å². The van der Waals surface area contributed by atoms with E-state index in [0.29, 0.717) is 17.3 Å². The van der Waals surface area contributed by atoms with Gasteiger partial charge in [0.1, 0.15) is 0 Å². The molecule has 2 rings (SSSR count). The fourth-order valence-electron chi connectivity index (χ4n) is 2.58. The molecule has 0 aliphatic carbocycles. The number of halogens is 1. The molecule has 2 amide bonds. The Kier molecular flexibility index (Phi) is 5.20. The first-order valence-corrected chi connectivity index (χ1v) is 7.42. The number of hydrogen-bond donors (Lipinski definition) is 2. The summed E-state index contributed by atoms with van der Waals surface area (Å²) in [6.07, 6.45) is 1.67. The smallest absolute Gasteiger partial charge is 0.238 e. The molecule has 0 unspecified atom stereocenters. The summed E-state index contributed by atoms with van der Waals surface area (Å²) in [7, 11) is 0. The van der Waals surface area contributed by atoms with Gasteiger partial charge in [0, 0.05) is 23.3 Å². The molecular formula is C15H20ClN3O2. The molecule has 0 saturated carbocycles. The fourth-order valence-corrected chi connectivity index (χ4v) is 2.77. The van der Waals surface area contributed by atoms with Crippen LogP contribution in [0.1, 0.15) is 19.8 Å². The summed E-state index contributed by atoms with van der Waals surface area (Å²) in [4.78, 5) is 25.4. The van der Waals surface area contributed by atoms with Crippen molar-refractivity contribution < 1.29 is 9.59 Å². The van der Waals surface area contributed by atoms with E-state index in [9.17, 15) is 9.59 Å². The van der Waals surface area contributed by atoms with Gasteiger partial charge in [-0.1, -0.05) is 17.7 Å². The Labute approximate surface area is 129 Å². The number of nitrogens with zero attached hydrogens (tertiary/aromatic N) is 1. The quantitative estimate of drug-likeness (QED) is 0.891. The van der Waals surface area contributed by atoms with Crippen LogP contribution < -0.4 is 11.1 Å². The highest BCUT2D eigenvalue weighted by Crippen LogP contribution is 2.21. The summed E-state index contributed by atoms with van der Waals surface area (Å²) in [6, 6.07) is 7.29. The number of anilines is 1. The molecule has 114 valence electrons. The highest BCUT2D eigenvalue weighted by atomic mass is 35.5. The number of amides is 2. The van der Waals surface area contributed by atoms with E-state index in [1.165, 1.54) is 0 Å². The molecule has 1 saturated heterocycles. The third kappa shape index (κ3) is 4.44. The van der Waals surface area contributed by atoms with E-state index in [0.717, 1.165) is 12.8 Å². The van der Waals surface area contributed by atoms with Crippen molar-refractivity contribution in [3.63, 3.8) is 0 Å². The van der Waals surface area contributed by atoms with Crippen molar-refractivity contribution in [3.05, 3.63) is 29.3 Å². The molecule has 0 spiro atoms. The summed E-state index contributed by atoms with van der Waals surface area (Å²) < 4.78 is 0. The van der Waals surface area contributed by atoms with E-state index in [4.69, 9.17) is 17.3 Å². The van der Waals surface area contributed by atoms with Crippen LogP contribution in [-0.4, -0.2) is 35.8 Å². The Bertz CT molecular complexity index is 535. The summed E-state index contributed by atoms with van der Waals surface area (Å²) in [5, 5.41) is 3.39. The van der Waals surface area contributed by atoms with Crippen LogP contribution >= 0.6 is 11.6 Å². The van der Waals surface area contributed by atoms with Gasteiger partial charge in [-0.05, 0) is 38.0 Å². The molecule has 1 aliphatic rings. The number of hydrogen-bond acceptors (Lipinski definition) is 3. The van der Waals surface area contributed by atoms with Crippen LogP contribution in [0.2, 0.25) is 5.02 Å². The van der Waals surface area contributed by atoms with Crippen molar-refractivity contribution in [2.75, 3.05) is 18.4 Å². The second-order valence-electron chi connectivity index (χ2n) is 5.51. The van der Waals surface area contributed by atoms with Crippen LogP contribution in [0.5, 0.6) is 0 Å². The summed E-state index contributed by atoms with van der Waals surface area (Å²) in [5.74, 6) is -0.573. The normalized spacial score (nSPS) is 22.8. The Balaban J connectivity index is 1.93. The monoisotopic (exact) mass is 309 g/mol. The zero-order valence-electron chi connectivity index (χ0n) is 12.0. The lowest BCUT2D eigenvalue weighted by Gasteiger charge is -2.36. The molecular weight excluding hydrogens is 290 g/mol. The maximum Gasteiger partial charge on any atom is 0.238 e. The van der Waals surface area contributed by atoms with Crippen molar-refractivity contribution >= 4 is 29.1 Å². The largest absolute Gasteiger partial charge is 0.369 e. The van der Waals surface area contributed by atoms with Crippen LogP contribution in [-0.2, 0) is 9.59 Å². The third-order valence-corrected chi connectivity index (χ3v) is 4.10. The number of carbonyl (C=O) groups excluding carboxylic acids is 2. The predicted molar refractivity (Wildman–Crippen MR) is 83.0 cm³/mol. The van der Waals surface area contributed by atoms with Crippen molar-refractivity contribution in [1.82, 2.24) is 4.90 Å². The average Bonchev–Trinajstić information content (AvgIpc) is 2.41. The Hall–Kier alpha value is -1.59. The van der Waals surface area contributed by atoms with Crippen molar-refractivity contribution in [2.45, 2.75) is 25.8 Å². The molecule has 1 fully saturated rings. The zero-order chi connectivity index (χ0) is 15.4. The number of benzene rings is 1. The highest BCUT2D eigenvalue weighted by molar-refractivity contribution is 6.30. The van der Waals surface area contributed by atoms with Gasteiger partial charge in [0.2, 0.25) is 11.8 Å². The van der Waals surface area contributed by atoms with Gasteiger partial charge in [0.15, 0.2) is 0 Å². The Morgan fingerprint density at radius 1 is 1.43 bits per heavy atom. The molecule has 0 radical (unpaired) electrons. The van der Waals surface area contributed by atoms with E-state index in [1.54, 1.807) is 24.3 Å². The summed E-state index contributed by atoms with van der Waals surface area (Å²) in [6.45, 7) is 2.85. The third-order valence-electron chi connectivity index (χ3n) is 3.87. The maximum absolute atomic E-state index is 12.1. The van der Waals surface area contributed by atoms with Crippen LogP contribution in [0.15, 0.2) is 24.3 Å².